The molecular weight excluding hydrogens is 224 g/mol. The van der Waals surface area contributed by atoms with Crippen molar-refractivity contribution >= 4 is 0 Å². The topological polar surface area (TPSA) is 38.5 Å². The molecule has 4 unspecified atom stereocenters. The van der Waals surface area contributed by atoms with E-state index in [2.05, 4.69) is 11.0 Å². The summed E-state index contributed by atoms with van der Waals surface area (Å²) in [6, 6.07) is 0.480. The second-order valence-corrected chi connectivity index (χ2v) is 6.38. The first-order valence-electron chi connectivity index (χ1n) is 7.42. The molecule has 3 heteroatoms. The minimum Gasteiger partial charge on any atom is -0.380 e. The monoisotopic (exact) mass is 250 g/mol. The lowest BCUT2D eigenvalue weighted by Gasteiger charge is -2.34. The molecule has 0 spiro atoms. The first-order valence-corrected chi connectivity index (χ1v) is 7.42. The van der Waals surface area contributed by atoms with Gasteiger partial charge in [-0.3, -0.25) is 4.90 Å². The van der Waals surface area contributed by atoms with Crippen molar-refractivity contribution < 1.29 is 4.74 Å². The van der Waals surface area contributed by atoms with Gasteiger partial charge >= 0.3 is 0 Å². The van der Waals surface area contributed by atoms with Crippen molar-refractivity contribution in [3.05, 3.63) is 11.6 Å². The third kappa shape index (κ3) is 2.36. The van der Waals surface area contributed by atoms with Gasteiger partial charge in [-0.1, -0.05) is 6.08 Å². The van der Waals surface area contributed by atoms with Crippen LogP contribution in [0, 0.1) is 17.8 Å². The van der Waals surface area contributed by atoms with Crippen molar-refractivity contribution in [1.82, 2.24) is 4.90 Å². The van der Waals surface area contributed by atoms with Crippen molar-refractivity contribution in [3.63, 3.8) is 0 Å². The number of ether oxygens (including phenoxy) is 1. The van der Waals surface area contributed by atoms with E-state index in [0.717, 1.165) is 30.9 Å². The molecule has 2 saturated carbocycles. The molecule has 3 nitrogen and oxygen atoms in total. The van der Waals surface area contributed by atoms with Crippen molar-refractivity contribution in [2.75, 3.05) is 33.4 Å². The van der Waals surface area contributed by atoms with Gasteiger partial charge in [0.15, 0.2) is 0 Å². The maximum atomic E-state index is 6.39. The maximum absolute atomic E-state index is 6.39. The van der Waals surface area contributed by atoms with Gasteiger partial charge in [0, 0.05) is 32.8 Å². The second kappa shape index (κ2) is 5.32. The van der Waals surface area contributed by atoms with Gasteiger partial charge in [0.25, 0.3) is 0 Å². The molecule has 3 rings (SSSR count). The van der Waals surface area contributed by atoms with E-state index in [1.54, 1.807) is 7.11 Å². The van der Waals surface area contributed by atoms with Gasteiger partial charge in [-0.2, -0.15) is 0 Å². The van der Waals surface area contributed by atoms with Crippen LogP contribution < -0.4 is 5.73 Å². The Hall–Kier alpha value is -0.380. The van der Waals surface area contributed by atoms with Crippen molar-refractivity contribution in [2.45, 2.75) is 31.7 Å². The summed E-state index contributed by atoms with van der Waals surface area (Å²) < 4.78 is 5.20. The van der Waals surface area contributed by atoms with Crippen LogP contribution in [0.4, 0.5) is 0 Å². The molecule has 0 saturated heterocycles. The molecule has 102 valence electrons. The molecule has 2 bridgehead atoms. The molecule has 0 amide bonds. The lowest BCUT2D eigenvalue weighted by atomic mass is 9.84. The molecule has 3 aliphatic rings. The number of rotatable bonds is 4. The van der Waals surface area contributed by atoms with Gasteiger partial charge in [-0.25, -0.2) is 0 Å². The summed E-state index contributed by atoms with van der Waals surface area (Å²) in [7, 11) is 1.78. The molecular formula is C15H26N2O. The Morgan fingerprint density at radius 1 is 1.39 bits per heavy atom. The maximum Gasteiger partial charge on any atom is 0.0673 e. The molecule has 18 heavy (non-hydrogen) atoms. The summed E-state index contributed by atoms with van der Waals surface area (Å²) in [5.41, 5.74) is 7.86. The predicted molar refractivity (Wildman–Crippen MR) is 73.3 cm³/mol. The molecule has 1 heterocycles. The summed E-state index contributed by atoms with van der Waals surface area (Å²) >= 11 is 0. The fraction of sp³-hybridized carbons (Fsp3) is 0.867. The minimum absolute atomic E-state index is 0.480. The quantitative estimate of drug-likeness (QED) is 0.771. The molecule has 0 aromatic heterocycles. The number of hydrogen-bond donors (Lipinski definition) is 1. The third-order valence-corrected chi connectivity index (χ3v) is 5.34. The van der Waals surface area contributed by atoms with Crippen LogP contribution in [0.5, 0.6) is 0 Å². The van der Waals surface area contributed by atoms with E-state index in [9.17, 15) is 0 Å². The van der Waals surface area contributed by atoms with Crippen LogP contribution in [-0.2, 0) is 4.74 Å². The van der Waals surface area contributed by atoms with Crippen LogP contribution in [0.15, 0.2) is 11.6 Å². The van der Waals surface area contributed by atoms with Crippen LogP contribution in [0.25, 0.3) is 0 Å². The number of hydrogen-bond acceptors (Lipinski definition) is 3. The van der Waals surface area contributed by atoms with E-state index >= 15 is 0 Å². The van der Waals surface area contributed by atoms with Gasteiger partial charge in [0.2, 0.25) is 0 Å². The normalized spacial score (nSPS) is 40.2. The lowest BCUT2D eigenvalue weighted by molar-refractivity contribution is 0.173. The third-order valence-electron chi connectivity index (χ3n) is 5.34. The SMILES string of the molecule is COCC1=CCN(CC2C3CCC(C3)C2N)CC1. The number of nitrogens with two attached hydrogens (primary N) is 1. The Morgan fingerprint density at radius 2 is 2.22 bits per heavy atom. The van der Waals surface area contributed by atoms with Gasteiger partial charge in [-0.15, -0.1) is 0 Å². The van der Waals surface area contributed by atoms with E-state index in [1.807, 2.05) is 0 Å². The highest BCUT2D eigenvalue weighted by atomic mass is 16.5. The molecule has 4 atom stereocenters. The van der Waals surface area contributed by atoms with E-state index in [0.29, 0.717) is 6.04 Å². The van der Waals surface area contributed by atoms with E-state index in [-0.39, 0.29) is 0 Å². The van der Waals surface area contributed by atoms with E-state index in [4.69, 9.17) is 10.5 Å². The van der Waals surface area contributed by atoms with E-state index in [1.165, 1.54) is 44.3 Å². The first-order chi connectivity index (χ1) is 8.78. The average Bonchev–Trinajstić information content (AvgIpc) is 2.96. The Morgan fingerprint density at radius 3 is 2.83 bits per heavy atom. The van der Waals surface area contributed by atoms with Gasteiger partial charge in [0.05, 0.1) is 6.61 Å². The number of methoxy groups -OCH3 is 1. The molecule has 1 aliphatic heterocycles. The van der Waals surface area contributed by atoms with Crippen LogP contribution in [-0.4, -0.2) is 44.3 Å². The molecule has 0 aromatic carbocycles. The zero-order valence-corrected chi connectivity index (χ0v) is 11.5. The highest BCUT2D eigenvalue weighted by Crippen LogP contribution is 2.47. The summed E-state index contributed by atoms with van der Waals surface area (Å²) in [6.45, 7) is 4.32. The summed E-state index contributed by atoms with van der Waals surface area (Å²) in [5.74, 6) is 2.53. The standard InChI is InChI=1S/C15H26N2O/c1-18-10-11-4-6-17(7-5-11)9-14-12-2-3-13(8-12)15(14)16/h4,12-15H,2-3,5-10,16H2,1H3. The molecule has 0 radical (unpaired) electrons. The number of nitrogens with zero attached hydrogens (tertiary/aromatic N) is 1. The molecule has 2 fully saturated rings. The minimum atomic E-state index is 0.480. The zero-order chi connectivity index (χ0) is 12.5. The highest BCUT2D eigenvalue weighted by molar-refractivity contribution is 5.08. The Bertz CT molecular complexity index is 326. The molecule has 2 N–H and O–H groups in total. The average molecular weight is 250 g/mol. The Labute approximate surface area is 110 Å². The largest absolute Gasteiger partial charge is 0.380 e. The second-order valence-electron chi connectivity index (χ2n) is 6.38. The predicted octanol–water partition coefficient (Wildman–Crippen LogP) is 1.64. The van der Waals surface area contributed by atoms with Crippen molar-refractivity contribution in [3.8, 4) is 0 Å². The van der Waals surface area contributed by atoms with E-state index < -0.39 is 0 Å². The summed E-state index contributed by atoms with van der Waals surface area (Å²) in [5, 5.41) is 0. The fourth-order valence-electron chi connectivity index (χ4n) is 4.26. The van der Waals surface area contributed by atoms with Gasteiger partial charge in [-0.05, 0) is 49.0 Å². The van der Waals surface area contributed by atoms with Crippen LogP contribution in [0.1, 0.15) is 25.7 Å². The van der Waals surface area contributed by atoms with Crippen molar-refractivity contribution in [1.29, 1.82) is 0 Å². The number of fused-ring (bicyclic) bond motifs is 2. The van der Waals surface area contributed by atoms with Crippen LogP contribution >= 0.6 is 0 Å². The molecule has 2 aliphatic carbocycles. The highest BCUT2D eigenvalue weighted by Gasteiger charge is 2.45. The zero-order valence-electron chi connectivity index (χ0n) is 11.5. The lowest BCUT2D eigenvalue weighted by Crippen LogP contribution is -2.44. The fourth-order valence-corrected chi connectivity index (χ4v) is 4.26. The van der Waals surface area contributed by atoms with Crippen LogP contribution in [0.2, 0.25) is 0 Å². The summed E-state index contributed by atoms with van der Waals surface area (Å²) in [6.07, 6.45) is 7.75. The first kappa shape index (κ1) is 12.6. The molecule has 0 aromatic rings. The Kier molecular flexibility index (Phi) is 3.73. The smallest absolute Gasteiger partial charge is 0.0673 e. The van der Waals surface area contributed by atoms with Crippen molar-refractivity contribution in [2.24, 2.45) is 23.5 Å². The van der Waals surface area contributed by atoms with Gasteiger partial charge in [0.1, 0.15) is 0 Å². The Balaban J connectivity index is 1.52. The van der Waals surface area contributed by atoms with Gasteiger partial charge < -0.3 is 10.5 Å². The summed E-state index contributed by atoms with van der Waals surface area (Å²) in [4.78, 5) is 2.59. The van der Waals surface area contributed by atoms with Crippen LogP contribution in [0.3, 0.4) is 0 Å².